The van der Waals surface area contributed by atoms with E-state index in [0.29, 0.717) is 5.56 Å². The van der Waals surface area contributed by atoms with Gasteiger partial charge in [-0.05, 0) is 35.9 Å². The van der Waals surface area contributed by atoms with Crippen LogP contribution in [0.2, 0.25) is 5.02 Å². The fourth-order valence-electron chi connectivity index (χ4n) is 1.70. The quantitative estimate of drug-likeness (QED) is 0.777. The van der Waals surface area contributed by atoms with Crippen molar-refractivity contribution in [2.24, 2.45) is 0 Å². The van der Waals surface area contributed by atoms with Gasteiger partial charge in [0, 0.05) is 17.3 Å². The highest BCUT2D eigenvalue weighted by atomic mass is 35.5. The van der Waals surface area contributed by atoms with E-state index in [2.05, 4.69) is 5.32 Å². The number of hydrogen-bond donors (Lipinski definition) is 1. The second-order valence-corrected chi connectivity index (χ2v) is 4.60. The molecule has 0 aromatic heterocycles. The lowest BCUT2D eigenvalue weighted by Gasteiger charge is -2.15. The first-order chi connectivity index (χ1) is 9.36. The third kappa shape index (κ3) is 3.63. The molecule has 0 aliphatic carbocycles. The van der Waals surface area contributed by atoms with E-state index in [4.69, 9.17) is 11.6 Å². The van der Waals surface area contributed by atoms with Gasteiger partial charge in [-0.2, -0.15) is 13.2 Å². The summed E-state index contributed by atoms with van der Waals surface area (Å²) in [6.45, 7) is 0.158. The van der Waals surface area contributed by atoms with Crippen LogP contribution in [0.1, 0.15) is 11.1 Å². The highest BCUT2D eigenvalue weighted by Gasteiger charge is 2.33. The fraction of sp³-hybridized carbons (Fsp3) is 0.143. The topological polar surface area (TPSA) is 12.0 Å². The summed E-state index contributed by atoms with van der Waals surface area (Å²) >= 11 is 5.59. The van der Waals surface area contributed by atoms with Crippen LogP contribution < -0.4 is 5.32 Å². The first kappa shape index (κ1) is 14.7. The largest absolute Gasteiger partial charge is 0.418 e. The predicted molar refractivity (Wildman–Crippen MR) is 70.2 cm³/mol. The van der Waals surface area contributed by atoms with Crippen molar-refractivity contribution >= 4 is 17.3 Å². The van der Waals surface area contributed by atoms with Crippen LogP contribution in [0.25, 0.3) is 0 Å². The van der Waals surface area contributed by atoms with Gasteiger partial charge in [0.15, 0.2) is 0 Å². The van der Waals surface area contributed by atoms with E-state index in [-0.39, 0.29) is 17.3 Å². The first-order valence-electron chi connectivity index (χ1n) is 5.71. The summed E-state index contributed by atoms with van der Waals surface area (Å²) in [4.78, 5) is 0. The van der Waals surface area contributed by atoms with Crippen LogP contribution in [-0.4, -0.2) is 0 Å². The Bertz CT molecular complexity index is 593. The first-order valence-corrected chi connectivity index (χ1v) is 6.09. The molecule has 2 aromatic carbocycles. The fourth-order valence-corrected chi connectivity index (χ4v) is 1.88. The monoisotopic (exact) mass is 303 g/mol. The Morgan fingerprint density at radius 1 is 1.00 bits per heavy atom. The van der Waals surface area contributed by atoms with Crippen molar-refractivity contribution < 1.29 is 17.6 Å². The van der Waals surface area contributed by atoms with E-state index in [9.17, 15) is 17.6 Å². The molecule has 106 valence electrons. The van der Waals surface area contributed by atoms with Crippen molar-refractivity contribution in [2.75, 3.05) is 5.32 Å². The molecule has 0 aliphatic rings. The highest BCUT2D eigenvalue weighted by molar-refractivity contribution is 6.30. The van der Waals surface area contributed by atoms with Crippen LogP contribution in [0, 0.1) is 5.82 Å². The van der Waals surface area contributed by atoms with Crippen molar-refractivity contribution in [3.05, 3.63) is 64.4 Å². The van der Waals surface area contributed by atoms with Gasteiger partial charge in [0.25, 0.3) is 0 Å². The standard InChI is InChI=1S/C14H10ClF4N/c15-10-3-6-13(12(7-10)14(17,18)19)20-8-9-1-4-11(16)5-2-9/h1-7,20H,8H2. The van der Waals surface area contributed by atoms with E-state index < -0.39 is 17.6 Å². The smallest absolute Gasteiger partial charge is 0.380 e. The van der Waals surface area contributed by atoms with Crippen molar-refractivity contribution in [1.82, 2.24) is 0 Å². The SMILES string of the molecule is Fc1ccc(CNc2ccc(Cl)cc2C(F)(F)F)cc1. The number of anilines is 1. The van der Waals surface area contributed by atoms with Crippen molar-refractivity contribution in [3.8, 4) is 0 Å². The average molecular weight is 304 g/mol. The van der Waals surface area contributed by atoms with Crippen LogP contribution in [0.15, 0.2) is 42.5 Å². The molecular weight excluding hydrogens is 294 g/mol. The normalized spacial score (nSPS) is 11.4. The molecule has 0 saturated heterocycles. The average Bonchev–Trinajstić information content (AvgIpc) is 2.38. The molecule has 6 heteroatoms. The zero-order valence-corrected chi connectivity index (χ0v) is 10.9. The summed E-state index contributed by atoms with van der Waals surface area (Å²) in [5.41, 5.74) is -0.215. The molecule has 0 aliphatic heterocycles. The van der Waals surface area contributed by atoms with Crippen LogP contribution in [0.4, 0.5) is 23.2 Å². The van der Waals surface area contributed by atoms with Crippen molar-refractivity contribution in [2.45, 2.75) is 12.7 Å². The summed E-state index contributed by atoms with van der Waals surface area (Å²) in [5, 5.41) is 2.70. The molecule has 1 nitrogen and oxygen atoms in total. The lowest BCUT2D eigenvalue weighted by molar-refractivity contribution is -0.136. The Hall–Kier alpha value is -1.75. The molecule has 0 spiro atoms. The number of rotatable bonds is 3. The molecule has 0 saturated carbocycles. The molecule has 0 amide bonds. The molecule has 1 N–H and O–H groups in total. The van der Waals surface area contributed by atoms with Crippen LogP contribution in [0.5, 0.6) is 0 Å². The highest BCUT2D eigenvalue weighted by Crippen LogP contribution is 2.36. The molecule has 0 fully saturated rings. The third-order valence-electron chi connectivity index (χ3n) is 2.68. The summed E-state index contributed by atoms with van der Waals surface area (Å²) < 4.78 is 51.3. The molecule has 0 bridgehead atoms. The molecule has 0 radical (unpaired) electrons. The molecule has 0 heterocycles. The van der Waals surface area contributed by atoms with Gasteiger partial charge in [-0.3, -0.25) is 0 Å². The lowest BCUT2D eigenvalue weighted by atomic mass is 10.1. The Morgan fingerprint density at radius 3 is 2.25 bits per heavy atom. The van der Waals surface area contributed by atoms with Gasteiger partial charge in [0.2, 0.25) is 0 Å². The molecule has 2 aromatic rings. The maximum absolute atomic E-state index is 12.9. The van der Waals surface area contributed by atoms with Crippen LogP contribution in [0.3, 0.4) is 0 Å². The Kier molecular flexibility index (Phi) is 4.18. The molecule has 2 rings (SSSR count). The lowest BCUT2D eigenvalue weighted by Crippen LogP contribution is -2.10. The zero-order valence-electron chi connectivity index (χ0n) is 10.1. The Balaban J connectivity index is 2.19. The minimum Gasteiger partial charge on any atom is -0.380 e. The van der Waals surface area contributed by atoms with Gasteiger partial charge < -0.3 is 5.32 Å². The van der Waals surface area contributed by atoms with Gasteiger partial charge in [-0.1, -0.05) is 23.7 Å². The number of alkyl halides is 3. The summed E-state index contributed by atoms with van der Waals surface area (Å²) in [5.74, 6) is -0.392. The van der Waals surface area contributed by atoms with Gasteiger partial charge >= 0.3 is 6.18 Å². The summed E-state index contributed by atoms with van der Waals surface area (Å²) in [6, 6.07) is 9.04. The van der Waals surface area contributed by atoms with Crippen LogP contribution in [-0.2, 0) is 12.7 Å². The second-order valence-electron chi connectivity index (χ2n) is 4.17. The number of halogens is 5. The van der Waals surface area contributed by atoms with Crippen molar-refractivity contribution in [3.63, 3.8) is 0 Å². The van der Waals surface area contributed by atoms with Gasteiger partial charge in [-0.25, -0.2) is 4.39 Å². The van der Waals surface area contributed by atoms with E-state index in [1.54, 1.807) is 0 Å². The maximum Gasteiger partial charge on any atom is 0.418 e. The maximum atomic E-state index is 12.9. The van der Waals surface area contributed by atoms with Gasteiger partial charge in [-0.15, -0.1) is 0 Å². The predicted octanol–water partition coefficient (Wildman–Crippen LogP) is 5.11. The van der Waals surface area contributed by atoms with E-state index in [0.717, 1.165) is 6.07 Å². The van der Waals surface area contributed by atoms with Gasteiger partial charge in [0.1, 0.15) is 5.82 Å². The molecular formula is C14H10ClF4N. The van der Waals surface area contributed by atoms with E-state index in [1.165, 1.54) is 36.4 Å². The van der Waals surface area contributed by atoms with Crippen LogP contribution >= 0.6 is 11.6 Å². The van der Waals surface area contributed by atoms with Gasteiger partial charge in [0.05, 0.1) is 5.56 Å². The number of nitrogens with one attached hydrogen (secondary N) is 1. The molecule has 20 heavy (non-hydrogen) atoms. The summed E-state index contributed by atoms with van der Waals surface area (Å²) in [7, 11) is 0. The summed E-state index contributed by atoms with van der Waals surface area (Å²) in [6.07, 6.45) is -4.49. The van der Waals surface area contributed by atoms with E-state index in [1.807, 2.05) is 0 Å². The Morgan fingerprint density at radius 2 is 1.65 bits per heavy atom. The minimum absolute atomic E-state index is 0.0182. The molecule has 0 atom stereocenters. The number of benzene rings is 2. The zero-order chi connectivity index (χ0) is 14.8. The Labute approximate surface area is 118 Å². The second kappa shape index (κ2) is 5.71. The van der Waals surface area contributed by atoms with Crippen molar-refractivity contribution in [1.29, 1.82) is 0 Å². The van der Waals surface area contributed by atoms with E-state index >= 15 is 0 Å². The minimum atomic E-state index is -4.49. The number of hydrogen-bond acceptors (Lipinski definition) is 1. The third-order valence-corrected chi connectivity index (χ3v) is 2.92. The molecule has 0 unspecified atom stereocenters.